The predicted molar refractivity (Wildman–Crippen MR) is 178 cm³/mol. The van der Waals surface area contributed by atoms with E-state index in [1.807, 2.05) is 6.07 Å². The minimum atomic E-state index is -4.55. The summed E-state index contributed by atoms with van der Waals surface area (Å²) in [6.45, 7) is 4.75. The van der Waals surface area contributed by atoms with Crippen LogP contribution in [0.2, 0.25) is 0 Å². The molecule has 2 aromatic carbocycles. The maximum absolute atomic E-state index is 14.7. The molecule has 16 nitrogen and oxygen atoms in total. The molecule has 4 aliphatic rings. The summed E-state index contributed by atoms with van der Waals surface area (Å²) in [7, 11) is -2.49. The SMILES string of the molecule is CN1CCN(C[C@@H]2COc3cc(S(=O)(=O)c4cccc(C(N)=O)c4N4c5cc6cc[nH]c6nc5O[C@@H]5COC[C@H]54)cc([N+](=O)[O-])c3N2)CC1. The van der Waals surface area contributed by atoms with E-state index >= 15 is 0 Å². The van der Waals surface area contributed by atoms with Crippen molar-refractivity contribution >= 4 is 49.5 Å². The Morgan fingerprint density at radius 3 is 2.71 bits per heavy atom. The number of nitrogens with two attached hydrogens (primary N) is 1. The molecule has 0 saturated carbocycles. The number of anilines is 3. The van der Waals surface area contributed by atoms with Crippen LogP contribution >= 0.6 is 0 Å². The first-order valence-corrected chi connectivity index (χ1v) is 17.4. The summed E-state index contributed by atoms with van der Waals surface area (Å²) < 4.78 is 47.3. The number of pyridine rings is 1. The number of sulfone groups is 1. The van der Waals surface area contributed by atoms with Crippen LogP contribution in [-0.4, -0.2) is 117 Å². The number of fused-ring (bicyclic) bond motifs is 4. The molecule has 0 bridgehead atoms. The van der Waals surface area contributed by atoms with Crippen molar-refractivity contribution in [2.45, 2.75) is 28.0 Å². The molecule has 256 valence electrons. The van der Waals surface area contributed by atoms with Gasteiger partial charge in [-0.05, 0) is 31.3 Å². The van der Waals surface area contributed by atoms with E-state index in [2.05, 4.69) is 32.1 Å². The Labute approximate surface area is 280 Å². The van der Waals surface area contributed by atoms with Crippen molar-refractivity contribution in [2.75, 3.05) is 69.8 Å². The summed E-state index contributed by atoms with van der Waals surface area (Å²) in [5, 5.41) is 16.4. The van der Waals surface area contributed by atoms with E-state index in [-0.39, 0.29) is 64.2 Å². The third-order valence-electron chi connectivity index (χ3n) is 9.55. The monoisotopic (exact) mass is 690 g/mol. The number of likely N-dealkylation sites (N-methyl/N-ethyl adjacent to an activating group) is 1. The first-order chi connectivity index (χ1) is 23.6. The van der Waals surface area contributed by atoms with Crippen LogP contribution in [0, 0.1) is 10.1 Å². The molecule has 2 aromatic heterocycles. The van der Waals surface area contributed by atoms with Crippen molar-refractivity contribution in [1.82, 2.24) is 19.8 Å². The highest BCUT2D eigenvalue weighted by atomic mass is 32.2. The minimum Gasteiger partial charge on any atom is -0.489 e. The molecule has 4 aromatic rings. The van der Waals surface area contributed by atoms with Gasteiger partial charge < -0.3 is 40.0 Å². The average Bonchev–Trinajstić information content (AvgIpc) is 3.75. The van der Waals surface area contributed by atoms with Gasteiger partial charge in [-0.25, -0.2) is 8.42 Å². The number of ether oxygens (including phenoxy) is 3. The van der Waals surface area contributed by atoms with E-state index in [1.54, 1.807) is 17.2 Å². The fourth-order valence-electron chi connectivity index (χ4n) is 7.02. The number of rotatable bonds is 7. The van der Waals surface area contributed by atoms with Crippen LogP contribution in [0.25, 0.3) is 11.0 Å². The third-order valence-corrected chi connectivity index (χ3v) is 11.3. The quantitative estimate of drug-likeness (QED) is 0.188. The number of benzene rings is 2. The molecular weight excluding hydrogens is 656 g/mol. The van der Waals surface area contributed by atoms with Gasteiger partial charge in [-0.2, -0.15) is 4.98 Å². The fourth-order valence-corrected chi connectivity index (χ4v) is 8.53. The van der Waals surface area contributed by atoms with Crippen LogP contribution < -0.4 is 25.4 Å². The lowest BCUT2D eigenvalue weighted by Gasteiger charge is -2.40. The first-order valence-electron chi connectivity index (χ1n) is 15.9. The lowest BCUT2D eigenvalue weighted by atomic mass is 10.0. The summed E-state index contributed by atoms with van der Waals surface area (Å²) >= 11 is 0. The number of amides is 1. The second kappa shape index (κ2) is 11.9. The summed E-state index contributed by atoms with van der Waals surface area (Å²) in [6.07, 6.45) is 1.19. The number of carbonyl (C=O) groups is 1. The number of hydrogen-bond donors (Lipinski definition) is 3. The summed E-state index contributed by atoms with van der Waals surface area (Å²) in [6, 6.07) is 9.37. The second-order valence-electron chi connectivity index (χ2n) is 12.7. The maximum atomic E-state index is 14.7. The Morgan fingerprint density at radius 1 is 1.12 bits per heavy atom. The maximum Gasteiger partial charge on any atom is 0.297 e. The highest BCUT2D eigenvalue weighted by Crippen LogP contribution is 2.48. The summed E-state index contributed by atoms with van der Waals surface area (Å²) in [5.41, 5.74) is 6.48. The molecule has 4 aliphatic heterocycles. The molecule has 49 heavy (non-hydrogen) atoms. The van der Waals surface area contributed by atoms with Gasteiger partial charge in [0.1, 0.15) is 24.0 Å². The molecular formula is C32H34N8O8S. The van der Waals surface area contributed by atoms with E-state index in [9.17, 15) is 23.3 Å². The third kappa shape index (κ3) is 5.38. The Hall–Kier alpha value is -4.97. The number of nitrogens with zero attached hydrogens (tertiary/aromatic N) is 5. The van der Waals surface area contributed by atoms with E-state index in [1.165, 1.54) is 24.3 Å². The number of aromatic nitrogens is 2. The van der Waals surface area contributed by atoms with Gasteiger partial charge >= 0.3 is 0 Å². The van der Waals surface area contributed by atoms with Gasteiger partial charge in [-0.3, -0.25) is 19.8 Å². The van der Waals surface area contributed by atoms with Crippen LogP contribution in [0.1, 0.15) is 10.4 Å². The number of hydrogen-bond acceptors (Lipinski definition) is 13. The normalized spacial score (nSPS) is 22.4. The van der Waals surface area contributed by atoms with Gasteiger partial charge in [0.25, 0.3) is 11.6 Å². The van der Waals surface area contributed by atoms with Crippen LogP contribution in [0.5, 0.6) is 11.6 Å². The molecule has 1 amide bonds. The summed E-state index contributed by atoms with van der Waals surface area (Å²) in [4.78, 5) is 38.0. The molecule has 0 unspecified atom stereocenters. The molecule has 0 radical (unpaired) electrons. The van der Waals surface area contributed by atoms with Gasteiger partial charge in [0.05, 0.1) is 51.3 Å². The van der Waals surface area contributed by atoms with Crippen LogP contribution in [0.15, 0.2) is 58.5 Å². The molecule has 3 atom stereocenters. The standard InChI is InChI=1S/C32H34N8O8S/c1-37-7-9-38(10-8-37)14-19-15-47-25-13-20(12-22(40(42)43)28(25)35-19)49(44,45)27-4-2-3-21(30(33)41)29(27)39-23-11-18-5-6-34-31(18)36-32(23)48-26-17-46-16-24(26)39/h2-6,11-13,19,24,26,35H,7-10,14-17H2,1H3,(H2,33,41)(H,34,36)/t19-,24-,26-/m1/s1. The van der Waals surface area contributed by atoms with Crippen molar-refractivity contribution in [1.29, 1.82) is 0 Å². The van der Waals surface area contributed by atoms with Crippen molar-refractivity contribution < 1.29 is 32.3 Å². The lowest BCUT2D eigenvalue weighted by Crippen LogP contribution is -2.50. The van der Waals surface area contributed by atoms with Crippen LogP contribution in [0.3, 0.4) is 0 Å². The molecule has 2 saturated heterocycles. The van der Waals surface area contributed by atoms with Crippen LogP contribution in [-0.2, 0) is 14.6 Å². The number of nitrogens with one attached hydrogen (secondary N) is 2. The minimum absolute atomic E-state index is 0.00314. The highest BCUT2D eigenvalue weighted by Gasteiger charge is 2.45. The number of carbonyl (C=O) groups excluding carboxylic acids is 1. The van der Waals surface area contributed by atoms with Gasteiger partial charge in [0.2, 0.25) is 15.7 Å². The van der Waals surface area contributed by atoms with E-state index in [0.717, 1.165) is 37.6 Å². The molecule has 4 N–H and O–H groups in total. The zero-order valence-electron chi connectivity index (χ0n) is 26.5. The number of nitro benzene ring substituents is 1. The van der Waals surface area contributed by atoms with Crippen molar-refractivity contribution in [2.24, 2.45) is 5.73 Å². The number of H-pyrrole nitrogens is 1. The zero-order valence-corrected chi connectivity index (χ0v) is 27.3. The Kier molecular flexibility index (Phi) is 7.58. The molecule has 2 fully saturated rings. The Balaban J connectivity index is 1.23. The number of para-hydroxylation sites is 1. The first kappa shape index (κ1) is 31.3. The van der Waals surface area contributed by atoms with Gasteiger partial charge in [0, 0.05) is 56.4 Å². The molecule has 17 heteroatoms. The highest BCUT2D eigenvalue weighted by molar-refractivity contribution is 7.91. The largest absolute Gasteiger partial charge is 0.489 e. The molecule has 0 aliphatic carbocycles. The topological polar surface area (TPSA) is 198 Å². The second-order valence-corrected chi connectivity index (χ2v) is 14.6. The van der Waals surface area contributed by atoms with Crippen LogP contribution in [0.4, 0.5) is 22.7 Å². The molecule has 8 rings (SSSR count). The number of piperazine rings is 1. The van der Waals surface area contributed by atoms with E-state index in [0.29, 0.717) is 17.9 Å². The number of primary amides is 1. The molecule has 0 spiro atoms. The Bertz CT molecular complexity index is 2100. The fraction of sp³-hybridized carbons (Fsp3) is 0.375. The average molecular weight is 691 g/mol. The number of aromatic amines is 1. The number of nitro groups is 1. The summed E-state index contributed by atoms with van der Waals surface area (Å²) in [5.74, 6) is -0.587. The lowest BCUT2D eigenvalue weighted by molar-refractivity contribution is -0.384. The van der Waals surface area contributed by atoms with Crippen molar-refractivity contribution in [3.63, 3.8) is 0 Å². The predicted octanol–water partition coefficient (Wildman–Crippen LogP) is 2.12. The molecule has 6 heterocycles. The van der Waals surface area contributed by atoms with Gasteiger partial charge in [-0.1, -0.05) is 6.07 Å². The van der Waals surface area contributed by atoms with Crippen molar-refractivity contribution in [3.8, 4) is 11.6 Å². The van der Waals surface area contributed by atoms with Gasteiger partial charge in [-0.15, -0.1) is 0 Å². The van der Waals surface area contributed by atoms with E-state index in [4.69, 9.17) is 19.9 Å². The van der Waals surface area contributed by atoms with Gasteiger partial charge in [0.15, 0.2) is 11.4 Å². The smallest absolute Gasteiger partial charge is 0.297 e. The zero-order chi connectivity index (χ0) is 34.0. The van der Waals surface area contributed by atoms with Crippen molar-refractivity contribution in [3.05, 3.63) is 64.3 Å². The Morgan fingerprint density at radius 2 is 1.94 bits per heavy atom. The van der Waals surface area contributed by atoms with E-state index < -0.39 is 38.5 Å².